The van der Waals surface area contributed by atoms with E-state index in [-0.39, 0.29) is 5.56 Å². The van der Waals surface area contributed by atoms with Crippen molar-refractivity contribution in [3.8, 4) is 17.2 Å². The fourth-order valence-corrected chi connectivity index (χ4v) is 4.70. The summed E-state index contributed by atoms with van der Waals surface area (Å²) in [5.74, 6) is 1.76. The molecule has 0 saturated heterocycles. The Morgan fingerprint density at radius 1 is 0.912 bits per heavy atom. The molecule has 0 bridgehead atoms. The highest BCUT2D eigenvalue weighted by atomic mass is 32.1. The monoisotopic (exact) mass is 480 g/mol. The Kier molecular flexibility index (Phi) is 7.44. The number of ether oxygens (including phenoxy) is 3. The van der Waals surface area contributed by atoms with Crippen molar-refractivity contribution in [2.75, 3.05) is 21.3 Å². The van der Waals surface area contributed by atoms with E-state index in [2.05, 4.69) is 22.1 Å². The summed E-state index contributed by atoms with van der Waals surface area (Å²) >= 11 is 1.45. The molecule has 0 atom stereocenters. The van der Waals surface area contributed by atoms with Gasteiger partial charge in [-0.15, -0.1) is 0 Å². The first-order valence-electron chi connectivity index (χ1n) is 11.0. The molecule has 0 amide bonds. The Labute approximate surface area is 202 Å². The average molecular weight is 481 g/mol. The van der Waals surface area contributed by atoms with Gasteiger partial charge in [-0.25, -0.2) is 4.98 Å². The summed E-state index contributed by atoms with van der Waals surface area (Å²) in [6, 6.07) is 15.7. The van der Waals surface area contributed by atoms with Gasteiger partial charge in [0.15, 0.2) is 11.5 Å². The van der Waals surface area contributed by atoms with Gasteiger partial charge >= 0.3 is 0 Å². The summed E-state index contributed by atoms with van der Waals surface area (Å²) in [6.07, 6.45) is 0.768. The molecule has 8 nitrogen and oxygen atoms in total. The lowest BCUT2D eigenvalue weighted by molar-refractivity contribution is 0.243. The van der Waals surface area contributed by atoms with E-state index >= 15 is 0 Å². The maximum absolute atomic E-state index is 12.7. The molecule has 178 valence electrons. The number of nitrogens with zero attached hydrogens (tertiary/aromatic N) is 4. The van der Waals surface area contributed by atoms with E-state index in [0.29, 0.717) is 47.5 Å². The molecule has 9 heteroatoms. The van der Waals surface area contributed by atoms with Crippen LogP contribution in [0.15, 0.2) is 53.3 Å². The van der Waals surface area contributed by atoms with Crippen LogP contribution in [0.3, 0.4) is 0 Å². The van der Waals surface area contributed by atoms with E-state index in [1.807, 2.05) is 37.3 Å². The zero-order valence-electron chi connectivity index (χ0n) is 19.8. The van der Waals surface area contributed by atoms with E-state index in [9.17, 15) is 4.79 Å². The Morgan fingerprint density at radius 3 is 2.21 bits per heavy atom. The van der Waals surface area contributed by atoms with Crippen molar-refractivity contribution < 1.29 is 14.2 Å². The number of methoxy groups -OCH3 is 3. The third kappa shape index (κ3) is 5.21. The van der Waals surface area contributed by atoms with Gasteiger partial charge in [0.05, 0.1) is 27.0 Å². The molecule has 0 fully saturated rings. The van der Waals surface area contributed by atoms with Gasteiger partial charge in [0.25, 0.3) is 5.56 Å². The molecule has 2 aromatic carbocycles. The summed E-state index contributed by atoms with van der Waals surface area (Å²) in [5, 5.41) is 5.24. The molecule has 2 aromatic heterocycles. The number of aromatic nitrogens is 3. The van der Waals surface area contributed by atoms with Crippen LogP contribution in [0.2, 0.25) is 0 Å². The highest BCUT2D eigenvalue weighted by molar-refractivity contribution is 7.16. The molecular weight excluding hydrogens is 452 g/mol. The Bertz CT molecular complexity index is 1290. The molecule has 0 aliphatic carbocycles. The molecule has 34 heavy (non-hydrogen) atoms. The first-order valence-corrected chi connectivity index (χ1v) is 11.8. The van der Waals surface area contributed by atoms with E-state index < -0.39 is 0 Å². The molecule has 0 N–H and O–H groups in total. The van der Waals surface area contributed by atoms with Crippen molar-refractivity contribution >= 4 is 16.3 Å². The summed E-state index contributed by atoms with van der Waals surface area (Å²) in [5.41, 5.74) is 2.70. The van der Waals surface area contributed by atoms with Gasteiger partial charge in [0, 0.05) is 25.7 Å². The number of hydrogen-bond acceptors (Lipinski definition) is 8. The minimum Gasteiger partial charge on any atom is -0.493 e. The smallest absolute Gasteiger partial charge is 0.275 e. The zero-order valence-corrected chi connectivity index (χ0v) is 20.6. The first-order chi connectivity index (χ1) is 16.5. The minimum atomic E-state index is -0.164. The van der Waals surface area contributed by atoms with Gasteiger partial charge < -0.3 is 14.2 Å². The summed E-state index contributed by atoms with van der Waals surface area (Å²) in [6.45, 7) is 3.79. The van der Waals surface area contributed by atoms with Crippen LogP contribution in [0.5, 0.6) is 17.2 Å². The number of fused-ring (bicyclic) bond motifs is 1. The third-order valence-electron chi connectivity index (χ3n) is 5.41. The maximum atomic E-state index is 12.7. The number of aryl methyl sites for hydroxylation is 1. The largest absolute Gasteiger partial charge is 0.493 e. The first kappa shape index (κ1) is 23.7. The van der Waals surface area contributed by atoms with Crippen molar-refractivity contribution in [3.05, 3.63) is 80.7 Å². The van der Waals surface area contributed by atoms with Crippen LogP contribution in [0.25, 0.3) is 4.96 Å². The minimum absolute atomic E-state index is 0.164. The van der Waals surface area contributed by atoms with E-state index in [1.54, 1.807) is 27.4 Å². The lowest BCUT2D eigenvalue weighted by Crippen LogP contribution is -2.25. The number of rotatable bonds is 10. The molecule has 0 unspecified atom stereocenters. The molecule has 0 spiro atoms. The van der Waals surface area contributed by atoms with E-state index in [1.165, 1.54) is 21.4 Å². The predicted molar refractivity (Wildman–Crippen MR) is 132 cm³/mol. The van der Waals surface area contributed by atoms with Gasteiger partial charge in [-0.1, -0.05) is 48.6 Å². The van der Waals surface area contributed by atoms with E-state index in [4.69, 9.17) is 19.2 Å². The zero-order chi connectivity index (χ0) is 24.1. The van der Waals surface area contributed by atoms with Gasteiger partial charge in [0.2, 0.25) is 10.7 Å². The molecule has 0 radical (unpaired) electrons. The standard InChI is InChI=1S/C25H28N4O4S/c1-5-22-27-29-23(30)13-19(26-25(29)34-22)16-28(14-17-9-7-6-8-10-17)15-18-11-20(31-2)24(33-4)21(12-18)32-3/h6-13H,5,14-16H2,1-4H3. The maximum Gasteiger partial charge on any atom is 0.275 e. The quantitative estimate of drug-likeness (QED) is 0.340. The lowest BCUT2D eigenvalue weighted by Gasteiger charge is -2.23. The van der Waals surface area contributed by atoms with Gasteiger partial charge in [-0.3, -0.25) is 9.69 Å². The molecule has 0 saturated carbocycles. The van der Waals surface area contributed by atoms with Crippen LogP contribution in [-0.4, -0.2) is 40.8 Å². The van der Waals surface area contributed by atoms with Crippen molar-refractivity contribution in [1.29, 1.82) is 0 Å². The van der Waals surface area contributed by atoms with Crippen LogP contribution in [0, 0.1) is 0 Å². The highest BCUT2D eigenvalue weighted by Gasteiger charge is 2.17. The van der Waals surface area contributed by atoms with Crippen LogP contribution in [0.4, 0.5) is 0 Å². The normalized spacial score (nSPS) is 11.2. The topological polar surface area (TPSA) is 78.2 Å². The second kappa shape index (κ2) is 10.7. The highest BCUT2D eigenvalue weighted by Crippen LogP contribution is 2.38. The predicted octanol–water partition coefficient (Wildman–Crippen LogP) is 3.94. The van der Waals surface area contributed by atoms with Crippen LogP contribution >= 0.6 is 11.3 Å². The fraction of sp³-hybridized carbons (Fsp3) is 0.320. The molecule has 4 aromatic rings. The lowest BCUT2D eigenvalue weighted by atomic mass is 10.1. The number of hydrogen-bond donors (Lipinski definition) is 0. The van der Waals surface area contributed by atoms with Crippen LogP contribution in [-0.2, 0) is 26.1 Å². The molecule has 0 aliphatic rings. The molecule has 4 rings (SSSR count). The van der Waals surface area contributed by atoms with Crippen molar-refractivity contribution in [2.24, 2.45) is 0 Å². The van der Waals surface area contributed by atoms with E-state index in [0.717, 1.165) is 17.0 Å². The van der Waals surface area contributed by atoms with Gasteiger partial charge in [0.1, 0.15) is 5.01 Å². The molecule has 2 heterocycles. The van der Waals surface area contributed by atoms with Crippen molar-refractivity contribution in [3.63, 3.8) is 0 Å². The molecule has 0 aliphatic heterocycles. The van der Waals surface area contributed by atoms with Gasteiger partial charge in [-0.2, -0.15) is 9.61 Å². The third-order valence-corrected chi connectivity index (χ3v) is 6.46. The number of benzene rings is 2. The Morgan fingerprint density at radius 2 is 1.59 bits per heavy atom. The van der Waals surface area contributed by atoms with Crippen LogP contribution < -0.4 is 19.8 Å². The Hall–Kier alpha value is -3.43. The summed E-state index contributed by atoms with van der Waals surface area (Å²) in [7, 11) is 4.80. The van der Waals surface area contributed by atoms with Crippen LogP contribution in [0.1, 0.15) is 28.8 Å². The van der Waals surface area contributed by atoms with Crippen molar-refractivity contribution in [1.82, 2.24) is 19.5 Å². The second-order valence-electron chi connectivity index (χ2n) is 7.79. The summed E-state index contributed by atoms with van der Waals surface area (Å²) < 4.78 is 17.9. The Balaban J connectivity index is 1.68. The fourth-order valence-electron chi connectivity index (χ4n) is 3.84. The molecular formula is C25H28N4O4S. The SMILES string of the molecule is CCc1nn2c(=O)cc(CN(Cc3ccccc3)Cc3cc(OC)c(OC)c(OC)c3)nc2s1. The average Bonchev–Trinajstić information content (AvgIpc) is 3.28. The summed E-state index contributed by atoms with van der Waals surface area (Å²) in [4.78, 5) is 20.2. The van der Waals surface area contributed by atoms with Crippen molar-refractivity contribution in [2.45, 2.75) is 33.0 Å². The second-order valence-corrected chi connectivity index (χ2v) is 8.83. The van der Waals surface area contributed by atoms with Gasteiger partial charge in [-0.05, 0) is 29.7 Å².